The number of ether oxygens (including phenoxy) is 2. The molecule has 0 radical (unpaired) electrons. The molecule has 1 aromatic carbocycles. The maximum atomic E-state index is 11.5. The Bertz CT molecular complexity index is 571. The van der Waals surface area contributed by atoms with Crippen molar-refractivity contribution in [2.24, 2.45) is 10.6 Å². The fourth-order valence-electron chi connectivity index (χ4n) is 2.81. The topological polar surface area (TPSA) is 78.6 Å². The number of sulfonamides is 1. The normalized spacial score (nSPS) is 18.4. The van der Waals surface area contributed by atoms with Crippen molar-refractivity contribution >= 4 is 10.0 Å². The van der Waals surface area contributed by atoms with Gasteiger partial charge in [0.05, 0.1) is 12.4 Å². The summed E-state index contributed by atoms with van der Waals surface area (Å²) in [6, 6.07) is 5.95. The molecule has 6 heteroatoms. The van der Waals surface area contributed by atoms with E-state index in [1.807, 2.05) is 32.0 Å². The monoisotopic (exact) mass is 313 g/mol. The first-order chi connectivity index (χ1) is 9.81. The van der Waals surface area contributed by atoms with Gasteiger partial charge >= 0.3 is 0 Å². The van der Waals surface area contributed by atoms with Crippen molar-refractivity contribution in [2.45, 2.75) is 26.7 Å². The van der Waals surface area contributed by atoms with Crippen LogP contribution in [0.25, 0.3) is 0 Å². The molecule has 0 atom stereocenters. The van der Waals surface area contributed by atoms with Gasteiger partial charge in [0, 0.05) is 18.6 Å². The lowest BCUT2D eigenvalue weighted by Gasteiger charge is -2.36. The van der Waals surface area contributed by atoms with Gasteiger partial charge in [-0.25, -0.2) is 13.6 Å². The smallest absolute Gasteiger partial charge is 0.209 e. The van der Waals surface area contributed by atoms with Gasteiger partial charge in [0.2, 0.25) is 10.0 Å². The highest BCUT2D eigenvalue weighted by Gasteiger charge is 2.37. The molecule has 0 aliphatic carbocycles. The molecule has 0 aromatic heterocycles. The Kier molecular flexibility index (Phi) is 4.91. The van der Waals surface area contributed by atoms with E-state index in [2.05, 4.69) is 0 Å². The van der Waals surface area contributed by atoms with Crippen LogP contribution in [-0.4, -0.2) is 34.0 Å². The van der Waals surface area contributed by atoms with Crippen molar-refractivity contribution in [2.75, 3.05) is 25.6 Å². The van der Waals surface area contributed by atoms with E-state index in [1.54, 1.807) is 0 Å². The van der Waals surface area contributed by atoms with Crippen LogP contribution in [-0.2, 0) is 14.8 Å². The van der Waals surface area contributed by atoms with Gasteiger partial charge in [0.25, 0.3) is 0 Å². The van der Waals surface area contributed by atoms with E-state index in [-0.39, 0.29) is 5.75 Å². The van der Waals surface area contributed by atoms with E-state index in [0.29, 0.717) is 32.7 Å². The molecule has 1 fully saturated rings. The van der Waals surface area contributed by atoms with Gasteiger partial charge in [0.15, 0.2) is 0 Å². The summed E-state index contributed by atoms with van der Waals surface area (Å²) < 4.78 is 34.4. The number of primary sulfonamides is 1. The molecular formula is C15H23NO4S. The quantitative estimate of drug-likeness (QED) is 0.898. The van der Waals surface area contributed by atoms with E-state index in [9.17, 15) is 8.42 Å². The molecule has 5 nitrogen and oxygen atoms in total. The first-order valence-electron chi connectivity index (χ1n) is 7.09. The fourth-order valence-corrected chi connectivity index (χ4v) is 4.04. The van der Waals surface area contributed by atoms with Crippen molar-refractivity contribution in [3.05, 3.63) is 29.3 Å². The number of para-hydroxylation sites is 1. The Balaban J connectivity index is 2.16. The second-order valence-corrected chi connectivity index (χ2v) is 7.54. The van der Waals surface area contributed by atoms with Gasteiger partial charge in [-0.3, -0.25) is 0 Å². The van der Waals surface area contributed by atoms with Crippen molar-refractivity contribution < 1.29 is 17.9 Å². The summed E-state index contributed by atoms with van der Waals surface area (Å²) in [5, 5.41) is 5.26. The number of aryl methyl sites for hydroxylation is 2. The van der Waals surface area contributed by atoms with Gasteiger partial charge in [-0.15, -0.1) is 0 Å². The molecular weight excluding hydrogens is 290 g/mol. The summed E-state index contributed by atoms with van der Waals surface area (Å²) in [6.07, 6.45) is 1.29. The zero-order valence-corrected chi connectivity index (χ0v) is 13.4. The predicted molar refractivity (Wildman–Crippen MR) is 81.9 cm³/mol. The molecule has 0 saturated carbocycles. The molecule has 2 rings (SSSR count). The number of nitrogens with two attached hydrogens (primary N) is 1. The SMILES string of the molecule is Cc1cccc(C)c1OCC1(CS(N)(=O)=O)CCOCC1. The summed E-state index contributed by atoms with van der Waals surface area (Å²) in [5.41, 5.74) is 1.64. The Morgan fingerprint density at radius 1 is 1.24 bits per heavy atom. The lowest BCUT2D eigenvalue weighted by Crippen LogP contribution is -2.42. The molecule has 2 N–H and O–H groups in total. The fraction of sp³-hybridized carbons (Fsp3) is 0.600. The van der Waals surface area contributed by atoms with Gasteiger partial charge < -0.3 is 9.47 Å². The highest BCUT2D eigenvalue weighted by atomic mass is 32.2. The molecule has 1 saturated heterocycles. The number of hydrogen-bond acceptors (Lipinski definition) is 4. The molecule has 1 aromatic rings. The third-order valence-corrected chi connectivity index (χ3v) is 5.01. The molecule has 21 heavy (non-hydrogen) atoms. The number of hydrogen-bond donors (Lipinski definition) is 1. The standard InChI is InChI=1S/C15H23NO4S/c1-12-4-3-5-13(2)14(12)20-10-15(11-21(16,17)18)6-8-19-9-7-15/h3-5H,6-11H2,1-2H3,(H2,16,17,18). The van der Waals surface area contributed by atoms with Crippen LogP contribution < -0.4 is 9.88 Å². The number of rotatable bonds is 5. The molecule has 0 bridgehead atoms. The van der Waals surface area contributed by atoms with Gasteiger partial charge in [0.1, 0.15) is 5.75 Å². The average molecular weight is 313 g/mol. The van der Waals surface area contributed by atoms with Gasteiger partial charge in [-0.05, 0) is 37.8 Å². The van der Waals surface area contributed by atoms with E-state index < -0.39 is 15.4 Å². The highest BCUT2D eigenvalue weighted by Crippen LogP contribution is 2.34. The molecule has 0 spiro atoms. The van der Waals surface area contributed by atoms with Crippen LogP contribution in [0.15, 0.2) is 18.2 Å². The Labute approximate surface area is 126 Å². The Morgan fingerprint density at radius 2 is 1.81 bits per heavy atom. The minimum absolute atomic E-state index is 0.0612. The molecule has 0 unspecified atom stereocenters. The van der Waals surface area contributed by atoms with Crippen molar-refractivity contribution in [1.29, 1.82) is 0 Å². The van der Waals surface area contributed by atoms with Crippen molar-refractivity contribution in [3.8, 4) is 5.75 Å². The average Bonchev–Trinajstić information content (AvgIpc) is 2.37. The second-order valence-electron chi connectivity index (χ2n) is 5.93. The zero-order chi connectivity index (χ0) is 15.5. The van der Waals surface area contributed by atoms with Crippen LogP contribution in [0.4, 0.5) is 0 Å². The van der Waals surface area contributed by atoms with Crippen LogP contribution in [0.2, 0.25) is 0 Å². The molecule has 1 aliphatic heterocycles. The largest absolute Gasteiger partial charge is 0.492 e. The highest BCUT2D eigenvalue weighted by molar-refractivity contribution is 7.89. The third kappa shape index (κ3) is 4.43. The maximum Gasteiger partial charge on any atom is 0.209 e. The lowest BCUT2D eigenvalue weighted by molar-refractivity contribution is 0.00187. The van der Waals surface area contributed by atoms with Gasteiger partial charge in [-0.2, -0.15) is 0 Å². The van der Waals surface area contributed by atoms with Crippen molar-refractivity contribution in [3.63, 3.8) is 0 Å². The van der Waals surface area contributed by atoms with E-state index in [1.165, 1.54) is 0 Å². The number of benzene rings is 1. The van der Waals surface area contributed by atoms with E-state index >= 15 is 0 Å². The van der Waals surface area contributed by atoms with Crippen LogP contribution in [0.3, 0.4) is 0 Å². The van der Waals surface area contributed by atoms with E-state index in [4.69, 9.17) is 14.6 Å². The Hall–Kier alpha value is -1.11. The first-order valence-corrected chi connectivity index (χ1v) is 8.80. The van der Waals surface area contributed by atoms with Crippen LogP contribution in [0.5, 0.6) is 5.75 Å². The second kappa shape index (κ2) is 6.34. The summed E-state index contributed by atoms with van der Waals surface area (Å²) in [5.74, 6) is 0.770. The maximum absolute atomic E-state index is 11.5. The third-order valence-electron chi connectivity index (χ3n) is 3.99. The molecule has 118 valence electrons. The van der Waals surface area contributed by atoms with Crippen molar-refractivity contribution in [1.82, 2.24) is 0 Å². The van der Waals surface area contributed by atoms with Crippen LogP contribution in [0, 0.1) is 19.3 Å². The molecule has 1 aliphatic rings. The predicted octanol–water partition coefficient (Wildman–Crippen LogP) is 1.77. The summed E-state index contributed by atoms with van der Waals surface area (Å²) in [6.45, 7) is 5.41. The van der Waals surface area contributed by atoms with Crippen LogP contribution in [0.1, 0.15) is 24.0 Å². The minimum Gasteiger partial charge on any atom is -0.492 e. The van der Waals surface area contributed by atoms with E-state index in [0.717, 1.165) is 16.9 Å². The summed E-state index contributed by atoms with van der Waals surface area (Å²) >= 11 is 0. The lowest BCUT2D eigenvalue weighted by atomic mass is 9.83. The Morgan fingerprint density at radius 3 is 2.33 bits per heavy atom. The summed E-state index contributed by atoms with van der Waals surface area (Å²) in [7, 11) is -3.54. The zero-order valence-electron chi connectivity index (χ0n) is 12.6. The first kappa shape index (κ1) is 16.3. The summed E-state index contributed by atoms with van der Waals surface area (Å²) in [4.78, 5) is 0. The van der Waals surface area contributed by atoms with Gasteiger partial charge in [-0.1, -0.05) is 18.2 Å². The van der Waals surface area contributed by atoms with Crippen LogP contribution >= 0.6 is 0 Å². The molecule has 0 amide bonds. The molecule has 1 heterocycles. The minimum atomic E-state index is -3.54.